The van der Waals surface area contributed by atoms with Crippen LogP contribution >= 0.6 is 0 Å². The van der Waals surface area contributed by atoms with Gasteiger partial charge in [0.2, 0.25) is 5.91 Å². The lowest BCUT2D eigenvalue weighted by Gasteiger charge is -2.23. The number of carbonyl (C=O) groups excluding carboxylic acids is 1. The third-order valence-corrected chi connectivity index (χ3v) is 6.17. The fourth-order valence-electron chi connectivity index (χ4n) is 4.42. The normalized spacial score (nSPS) is 18.9. The molecule has 0 aromatic heterocycles. The molecule has 2 saturated heterocycles. The molecule has 5 nitrogen and oxygen atoms in total. The van der Waals surface area contributed by atoms with Gasteiger partial charge in [0.1, 0.15) is 11.6 Å². The van der Waals surface area contributed by atoms with Crippen LogP contribution in [-0.2, 0) is 11.3 Å². The minimum Gasteiger partial charge on any atom is -0.493 e. The number of rotatable bonds is 9. The van der Waals surface area contributed by atoms with E-state index in [1.54, 1.807) is 12.1 Å². The molecule has 1 unspecified atom stereocenters. The highest BCUT2D eigenvalue weighted by Gasteiger charge is 2.22. The summed E-state index contributed by atoms with van der Waals surface area (Å²) in [5.41, 5.74) is 2.76. The zero-order valence-corrected chi connectivity index (χ0v) is 18.0. The topological polar surface area (TPSA) is 53.6 Å². The van der Waals surface area contributed by atoms with Gasteiger partial charge in [-0.1, -0.05) is 0 Å². The number of hydrogen-bond acceptors (Lipinski definition) is 4. The van der Waals surface area contributed by atoms with E-state index in [1.807, 2.05) is 23.1 Å². The quantitative estimate of drug-likeness (QED) is 0.571. The van der Waals surface area contributed by atoms with Crippen LogP contribution in [0.15, 0.2) is 42.5 Å². The number of halogens is 1. The Bertz CT molecular complexity index is 866. The predicted molar refractivity (Wildman–Crippen MR) is 122 cm³/mol. The largest absolute Gasteiger partial charge is 0.493 e. The van der Waals surface area contributed by atoms with Gasteiger partial charge in [0.05, 0.1) is 6.61 Å². The Balaban J connectivity index is 1.40. The number of anilines is 2. The van der Waals surface area contributed by atoms with Crippen LogP contribution in [0.4, 0.5) is 15.8 Å². The van der Waals surface area contributed by atoms with Gasteiger partial charge in [0, 0.05) is 36.4 Å². The lowest BCUT2D eigenvalue weighted by atomic mass is 9.95. The van der Waals surface area contributed by atoms with Gasteiger partial charge in [-0.05, 0) is 93.6 Å². The van der Waals surface area contributed by atoms with E-state index >= 15 is 0 Å². The monoisotopic (exact) mass is 425 g/mol. The van der Waals surface area contributed by atoms with Crippen molar-refractivity contribution in [3.05, 3.63) is 53.8 Å². The molecule has 2 heterocycles. The maximum absolute atomic E-state index is 13.2. The molecule has 2 aliphatic heterocycles. The minimum atomic E-state index is -0.253. The summed E-state index contributed by atoms with van der Waals surface area (Å²) in [5, 5.41) is 6.81. The molecule has 4 rings (SSSR count). The first-order valence-electron chi connectivity index (χ1n) is 11.5. The Labute approximate surface area is 184 Å². The first kappa shape index (κ1) is 21.6. The molecule has 0 spiro atoms. The molecule has 0 saturated carbocycles. The second-order valence-corrected chi connectivity index (χ2v) is 8.50. The van der Waals surface area contributed by atoms with Gasteiger partial charge in [0.15, 0.2) is 0 Å². The summed E-state index contributed by atoms with van der Waals surface area (Å²) in [6.45, 7) is 4.25. The SMILES string of the molecule is O=C1CCCN1c1ccc(OCCCC2CCCNC2)c(CNc2ccc(F)cc2)c1. The highest BCUT2D eigenvalue weighted by molar-refractivity contribution is 5.95. The fourth-order valence-corrected chi connectivity index (χ4v) is 4.42. The zero-order chi connectivity index (χ0) is 21.5. The van der Waals surface area contributed by atoms with Gasteiger partial charge < -0.3 is 20.3 Å². The first-order valence-corrected chi connectivity index (χ1v) is 11.5. The molecule has 2 N–H and O–H groups in total. The lowest BCUT2D eigenvalue weighted by molar-refractivity contribution is -0.117. The molecule has 1 atom stereocenters. The van der Waals surface area contributed by atoms with Crippen LogP contribution in [0.5, 0.6) is 5.75 Å². The van der Waals surface area contributed by atoms with Crippen molar-refractivity contribution in [1.29, 1.82) is 0 Å². The van der Waals surface area contributed by atoms with Gasteiger partial charge in [-0.2, -0.15) is 0 Å². The maximum Gasteiger partial charge on any atom is 0.227 e. The van der Waals surface area contributed by atoms with E-state index in [0.29, 0.717) is 19.6 Å². The summed E-state index contributed by atoms with van der Waals surface area (Å²) >= 11 is 0. The van der Waals surface area contributed by atoms with Crippen molar-refractivity contribution in [3.63, 3.8) is 0 Å². The smallest absolute Gasteiger partial charge is 0.227 e. The van der Waals surface area contributed by atoms with Crippen LogP contribution in [0, 0.1) is 11.7 Å². The second-order valence-electron chi connectivity index (χ2n) is 8.50. The Morgan fingerprint density at radius 1 is 1.16 bits per heavy atom. The van der Waals surface area contributed by atoms with Crippen molar-refractivity contribution in [2.45, 2.75) is 45.1 Å². The number of benzene rings is 2. The summed E-state index contributed by atoms with van der Waals surface area (Å²) in [6, 6.07) is 12.3. The second kappa shape index (κ2) is 10.6. The summed E-state index contributed by atoms with van der Waals surface area (Å²) in [7, 11) is 0. The zero-order valence-electron chi connectivity index (χ0n) is 18.0. The van der Waals surface area contributed by atoms with Gasteiger partial charge in [-0.25, -0.2) is 4.39 Å². The van der Waals surface area contributed by atoms with E-state index in [0.717, 1.165) is 61.1 Å². The molecule has 2 aromatic carbocycles. The number of amides is 1. The highest BCUT2D eigenvalue weighted by Crippen LogP contribution is 2.29. The molecule has 0 radical (unpaired) electrons. The molecule has 2 aromatic rings. The molecule has 0 aliphatic carbocycles. The Hall–Kier alpha value is -2.60. The van der Waals surface area contributed by atoms with Gasteiger partial charge in [0.25, 0.3) is 0 Å². The minimum absolute atomic E-state index is 0.173. The average molecular weight is 426 g/mol. The van der Waals surface area contributed by atoms with Crippen molar-refractivity contribution in [3.8, 4) is 5.75 Å². The van der Waals surface area contributed by atoms with Gasteiger partial charge in [-0.3, -0.25) is 4.79 Å². The van der Waals surface area contributed by atoms with Crippen molar-refractivity contribution in [2.24, 2.45) is 5.92 Å². The molecule has 31 heavy (non-hydrogen) atoms. The molecule has 166 valence electrons. The van der Waals surface area contributed by atoms with Crippen LogP contribution in [0.2, 0.25) is 0 Å². The van der Waals surface area contributed by atoms with E-state index in [2.05, 4.69) is 10.6 Å². The third-order valence-electron chi connectivity index (χ3n) is 6.17. The van der Waals surface area contributed by atoms with Crippen LogP contribution in [-0.4, -0.2) is 32.1 Å². The number of ether oxygens (including phenoxy) is 1. The Morgan fingerprint density at radius 2 is 2.03 bits per heavy atom. The fraction of sp³-hybridized carbons (Fsp3) is 0.480. The number of piperidine rings is 1. The lowest BCUT2D eigenvalue weighted by Crippen LogP contribution is -2.29. The van der Waals surface area contributed by atoms with Crippen molar-refractivity contribution < 1.29 is 13.9 Å². The summed E-state index contributed by atoms with van der Waals surface area (Å²) < 4.78 is 19.4. The van der Waals surface area contributed by atoms with E-state index in [1.165, 1.54) is 31.4 Å². The van der Waals surface area contributed by atoms with Crippen LogP contribution in [0.1, 0.15) is 44.1 Å². The molecular formula is C25H32FN3O2. The van der Waals surface area contributed by atoms with E-state index in [4.69, 9.17) is 4.74 Å². The van der Waals surface area contributed by atoms with E-state index < -0.39 is 0 Å². The molecule has 0 bridgehead atoms. The van der Waals surface area contributed by atoms with Crippen LogP contribution in [0.3, 0.4) is 0 Å². The average Bonchev–Trinajstić information content (AvgIpc) is 3.23. The van der Waals surface area contributed by atoms with Crippen molar-refractivity contribution >= 4 is 17.3 Å². The van der Waals surface area contributed by atoms with E-state index in [-0.39, 0.29) is 11.7 Å². The predicted octanol–water partition coefficient (Wildman–Crippen LogP) is 4.72. The molecule has 2 aliphatic rings. The molecule has 1 amide bonds. The standard InChI is InChI=1S/C25H32FN3O2/c26-21-7-9-22(10-8-21)28-18-20-16-23(29-14-2-6-25(29)30)11-12-24(20)31-15-3-5-19-4-1-13-27-17-19/h7-12,16,19,27-28H,1-6,13-15,17-18H2. The summed E-state index contributed by atoms with van der Waals surface area (Å²) in [6.07, 6.45) is 6.29. The van der Waals surface area contributed by atoms with Crippen molar-refractivity contribution in [2.75, 3.05) is 36.5 Å². The number of hydrogen-bond donors (Lipinski definition) is 2. The van der Waals surface area contributed by atoms with Gasteiger partial charge >= 0.3 is 0 Å². The summed E-state index contributed by atoms with van der Waals surface area (Å²) in [5.74, 6) is 1.51. The third kappa shape index (κ3) is 5.97. The number of nitrogens with zero attached hydrogens (tertiary/aromatic N) is 1. The highest BCUT2D eigenvalue weighted by atomic mass is 19.1. The number of carbonyl (C=O) groups is 1. The first-order chi connectivity index (χ1) is 15.2. The van der Waals surface area contributed by atoms with Crippen LogP contribution < -0.4 is 20.3 Å². The Morgan fingerprint density at radius 3 is 2.77 bits per heavy atom. The molecular weight excluding hydrogens is 393 g/mol. The number of nitrogens with one attached hydrogen (secondary N) is 2. The van der Waals surface area contributed by atoms with Gasteiger partial charge in [-0.15, -0.1) is 0 Å². The molecule has 2 fully saturated rings. The van der Waals surface area contributed by atoms with Crippen LogP contribution in [0.25, 0.3) is 0 Å². The van der Waals surface area contributed by atoms with Crippen molar-refractivity contribution in [1.82, 2.24) is 5.32 Å². The maximum atomic E-state index is 13.2. The van der Waals surface area contributed by atoms with E-state index in [9.17, 15) is 9.18 Å². The summed E-state index contributed by atoms with van der Waals surface area (Å²) in [4.78, 5) is 14.0. The Kier molecular flexibility index (Phi) is 7.41. The molecule has 6 heteroatoms.